The molecule has 1 aliphatic rings. The molecule has 1 fully saturated rings. The predicted molar refractivity (Wildman–Crippen MR) is 66.5 cm³/mol. The van der Waals surface area contributed by atoms with Crippen LogP contribution >= 0.6 is 0 Å². The maximum atomic E-state index is 13.9. The van der Waals surface area contributed by atoms with Crippen molar-refractivity contribution in [3.05, 3.63) is 34.9 Å². The fourth-order valence-electron chi connectivity index (χ4n) is 2.18. The SMILES string of the molecule is CCC1(C)CNCC(c2cc(F)c(C)cc2F)O1. The Balaban J connectivity index is 2.29. The number of aryl methyl sites for hydroxylation is 1. The molecule has 1 aromatic carbocycles. The molecule has 1 aliphatic heterocycles. The summed E-state index contributed by atoms with van der Waals surface area (Å²) in [6, 6.07) is 2.48. The summed E-state index contributed by atoms with van der Waals surface area (Å²) < 4.78 is 33.4. The highest BCUT2D eigenvalue weighted by molar-refractivity contribution is 5.27. The number of hydrogen-bond acceptors (Lipinski definition) is 2. The fraction of sp³-hybridized carbons (Fsp3) is 0.571. The number of hydrogen-bond donors (Lipinski definition) is 1. The summed E-state index contributed by atoms with van der Waals surface area (Å²) >= 11 is 0. The monoisotopic (exact) mass is 255 g/mol. The summed E-state index contributed by atoms with van der Waals surface area (Å²) in [5.74, 6) is -0.792. The topological polar surface area (TPSA) is 21.3 Å². The van der Waals surface area contributed by atoms with E-state index in [-0.39, 0.29) is 5.60 Å². The van der Waals surface area contributed by atoms with Crippen LogP contribution in [0.15, 0.2) is 12.1 Å². The lowest BCUT2D eigenvalue weighted by molar-refractivity contribution is -0.110. The van der Waals surface area contributed by atoms with E-state index < -0.39 is 17.7 Å². The molecule has 1 N–H and O–H groups in total. The average Bonchev–Trinajstić information content (AvgIpc) is 2.34. The van der Waals surface area contributed by atoms with Crippen LogP contribution in [-0.4, -0.2) is 18.7 Å². The van der Waals surface area contributed by atoms with Crippen LogP contribution in [0.1, 0.15) is 37.5 Å². The van der Waals surface area contributed by atoms with Crippen LogP contribution in [0.25, 0.3) is 0 Å². The quantitative estimate of drug-likeness (QED) is 0.876. The van der Waals surface area contributed by atoms with Gasteiger partial charge in [0.2, 0.25) is 0 Å². The van der Waals surface area contributed by atoms with Crippen molar-refractivity contribution < 1.29 is 13.5 Å². The fourth-order valence-corrected chi connectivity index (χ4v) is 2.18. The number of rotatable bonds is 2. The molecule has 2 atom stereocenters. The third-order valence-electron chi connectivity index (χ3n) is 3.63. The van der Waals surface area contributed by atoms with Gasteiger partial charge >= 0.3 is 0 Å². The third kappa shape index (κ3) is 2.54. The highest BCUT2D eigenvalue weighted by Crippen LogP contribution is 2.31. The standard InChI is InChI=1S/C14H19F2NO/c1-4-14(3)8-17-7-13(18-14)10-6-11(15)9(2)5-12(10)16/h5-6,13,17H,4,7-8H2,1-3H3. The molecule has 1 aromatic rings. The van der Waals surface area contributed by atoms with Gasteiger partial charge in [0, 0.05) is 18.7 Å². The first-order valence-electron chi connectivity index (χ1n) is 6.29. The number of nitrogens with one attached hydrogen (secondary N) is 1. The lowest BCUT2D eigenvalue weighted by Crippen LogP contribution is -2.48. The number of benzene rings is 1. The molecule has 0 aliphatic carbocycles. The molecular formula is C14H19F2NO. The number of morpholine rings is 1. The van der Waals surface area contributed by atoms with Crippen LogP contribution in [-0.2, 0) is 4.74 Å². The molecule has 2 nitrogen and oxygen atoms in total. The Bertz CT molecular complexity index is 450. The van der Waals surface area contributed by atoms with Crippen LogP contribution in [0.2, 0.25) is 0 Å². The lowest BCUT2D eigenvalue weighted by atomic mass is 9.98. The average molecular weight is 255 g/mol. The minimum absolute atomic E-state index is 0.296. The molecule has 0 radical (unpaired) electrons. The Morgan fingerprint density at radius 2 is 2.11 bits per heavy atom. The Morgan fingerprint density at radius 1 is 1.39 bits per heavy atom. The van der Waals surface area contributed by atoms with Gasteiger partial charge in [0.05, 0.1) is 11.7 Å². The minimum Gasteiger partial charge on any atom is -0.365 e. The predicted octanol–water partition coefficient (Wildman–Crippen LogP) is 3.10. The van der Waals surface area contributed by atoms with Crippen LogP contribution < -0.4 is 5.32 Å². The van der Waals surface area contributed by atoms with Crippen LogP contribution in [0.4, 0.5) is 8.78 Å². The molecule has 0 spiro atoms. The van der Waals surface area contributed by atoms with E-state index in [0.29, 0.717) is 17.7 Å². The largest absolute Gasteiger partial charge is 0.365 e. The normalized spacial score (nSPS) is 28.4. The summed E-state index contributed by atoms with van der Waals surface area (Å²) in [6.45, 7) is 6.80. The molecule has 100 valence electrons. The highest BCUT2D eigenvalue weighted by Gasteiger charge is 2.33. The zero-order valence-electron chi connectivity index (χ0n) is 11.0. The van der Waals surface area contributed by atoms with Gasteiger partial charge in [-0.05, 0) is 38.0 Å². The zero-order chi connectivity index (χ0) is 13.3. The van der Waals surface area contributed by atoms with E-state index in [0.717, 1.165) is 13.0 Å². The van der Waals surface area contributed by atoms with Gasteiger partial charge in [-0.2, -0.15) is 0 Å². The van der Waals surface area contributed by atoms with E-state index in [2.05, 4.69) is 5.32 Å². The first kappa shape index (κ1) is 13.4. The second-order valence-electron chi connectivity index (χ2n) is 5.16. The highest BCUT2D eigenvalue weighted by atomic mass is 19.1. The van der Waals surface area contributed by atoms with E-state index in [1.807, 2.05) is 13.8 Å². The van der Waals surface area contributed by atoms with Gasteiger partial charge < -0.3 is 10.1 Å². The van der Waals surface area contributed by atoms with Crippen molar-refractivity contribution in [2.45, 2.75) is 38.9 Å². The second kappa shape index (κ2) is 4.94. The van der Waals surface area contributed by atoms with Gasteiger partial charge in [-0.1, -0.05) is 6.92 Å². The molecule has 2 rings (SSSR count). The van der Waals surface area contributed by atoms with E-state index >= 15 is 0 Å². The Kier molecular flexibility index (Phi) is 3.69. The van der Waals surface area contributed by atoms with Crippen molar-refractivity contribution in [2.24, 2.45) is 0 Å². The van der Waals surface area contributed by atoms with Gasteiger partial charge in [-0.25, -0.2) is 8.78 Å². The smallest absolute Gasteiger partial charge is 0.129 e. The third-order valence-corrected chi connectivity index (χ3v) is 3.63. The Labute approximate surface area is 106 Å². The molecule has 0 bridgehead atoms. The molecular weight excluding hydrogens is 236 g/mol. The van der Waals surface area contributed by atoms with Crippen molar-refractivity contribution in [1.29, 1.82) is 0 Å². The van der Waals surface area contributed by atoms with Crippen molar-refractivity contribution in [2.75, 3.05) is 13.1 Å². The second-order valence-corrected chi connectivity index (χ2v) is 5.16. The van der Waals surface area contributed by atoms with E-state index in [1.165, 1.54) is 12.1 Å². The molecule has 2 unspecified atom stereocenters. The molecule has 4 heteroatoms. The summed E-state index contributed by atoms with van der Waals surface area (Å²) in [6.07, 6.45) is 0.394. The minimum atomic E-state index is -0.432. The van der Waals surface area contributed by atoms with Crippen LogP contribution in [0.5, 0.6) is 0 Å². The number of ether oxygens (including phenoxy) is 1. The van der Waals surface area contributed by atoms with Gasteiger partial charge in [-0.15, -0.1) is 0 Å². The van der Waals surface area contributed by atoms with Gasteiger partial charge in [0.1, 0.15) is 11.6 Å². The van der Waals surface area contributed by atoms with Gasteiger partial charge in [0.25, 0.3) is 0 Å². The zero-order valence-corrected chi connectivity index (χ0v) is 11.0. The summed E-state index contributed by atoms with van der Waals surface area (Å²) in [7, 11) is 0. The maximum Gasteiger partial charge on any atom is 0.129 e. The Morgan fingerprint density at radius 3 is 2.78 bits per heavy atom. The van der Waals surface area contributed by atoms with E-state index in [4.69, 9.17) is 4.74 Å². The molecule has 1 heterocycles. The van der Waals surface area contributed by atoms with Crippen molar-refractivity contribution >= 4 is 0 Å². The number of halogens is 2. The first-order chi connectivity index (χ1) is 8.45. The lowest BCUT2D eigenvalue weighted by Gasteiger charge is -2.39. The first-order valence-corrected chi connectivity index (χ1v) is 6.29. The van der Waals surface area contributed by atoms with E-state index in [9.17, 15) is 8.78 Å². The van der Waals surface area contributed by atoms with Gasteiger partial charge in [0.15, 0.2) is 0 Å². The van der Waals surface area contributed by atoms with Crippen molar-refractivity contribution in [3.63, 3.8) is 0 Å². The molecule has 0 aromatic heterocycles. The van der Waals surface area contributed by atoms with Crippen molar-refractivity contribution in [1.82, 2.24) is 5.32 Å². The van der Waals surface area contributed by atoms with Gasteiger partial charge in [-0.3, -0.25) is 0 Å². The molecule has 0 amide bonds. The Hall–Kier alpha value is -1.00. The molecule has 0 saturated carbocycles. The van der Waals surface area contributed by atoms with Crippen molar-refractivity contribution in [3.8, 4) is 0 Å². The van der Waals surface area contributed by atoms with E-state index in [1.54, 1.807) is 6.92 Å². The van der Waals surface area contributed by atoms with Crippen LogP contribution in [0.3, 0.4) is 0 Å². The maximum absolute atomic E-state index is 13.9. The summed E-state index contributed by atoms with van der Waals surface area (Å²) in [5.41, 5.74) is 0.291. The molecule has 18 heavy (non-hydrogen) atoms. The summed E-state index contributed by atoms with van der Waals surface area (Å²) in [5, 5.41) is 3.22. The molecule has 1 saturated heterocycles. The summed E-state index contributed by atoms with van der Waals surface area (Å²) in [4.78, 5) is 0. The van der Waals surface area contributed by atoms with Crippen LogP contribution in [0, 0.1) is 18.6 Å².